The summed E-state index contributed by atoms with van der Waals surface area (Å²) in [6.45, 7) is 0. The van der Waals surface area contributed by atoms with Gasteiger partial charge in [-0.3, -0.25) is 10.1 Å². The van der Waals surface area contributed by atoms with Gasteiger partial charge in [0, 0.05) is 37.5 Å². The smallest absolute Gasteiger partial charge is 0.356 e. The Kier molecular flexibility index (Phi) is 6.84. The molecule has 0 bridgehead atoms. The van der Waals surface area contributed by atoms with Crippen LogP contribution in [-0.2, 0) is 9.84 Å². The van der Waals surface area contributed by atoms with Crippen molar-refractivity contribution in [2.24, 2.45) is 5.92 Å². The van der Waals surface area contributed by atoms with Crippen LogP contribution >= 0.6 is 11.3 Å². The molecule has 172 valence electrons. The molecular weight excluding hydrogens is 456 g/mol. The number of carbonyl (C=O) groups excluding carboxylic acids is 2. The van der Waals surface area contributed by atoms with Crippen LogP contribution in [-0.4, -0.2) is 56.6 Å². The van der Waals surface area contributed by atoms with E-state index < -0.39 is 31.7 Å². The number of sulfone groups is 1. The van der Waals surface area contributed by atoms with Gasteiger partial charge in [0.25, 0.3) is 0 Å². The van der Waals surface area contributed by atoms with Gasteiger partial charge in [0.05, 0.1) is 5.69 Å². The van der Waals surface area contributed by atoms with E-state index in [0.29, 0.717) is 22.6 Å². The molecule has 32 heavy (non-hydrogen) atoms. The Bertz CT molecular complexity index is 1170. The molecule has 0 radical (unpaired) electrons. The molecule has 0 spiro atoms. The van der Waals surface area contributed by atoms with E-state index in [0.717, 1.165) is 37.6 Å². The third-order valence-electron chi connectivity index (χ3n) is 5.12. The van der Waals surface area contributed by atoms with E-state index in [1.165, 1.54) is 0 Å². The van der Waals surface area contributed by atoms with Gasteiger partial charge in [0.1, 0.15) is 0 Å². The normalized spacial score (nSPS) is 14.2. The first-order valence-corrected chi connectivity index (χ1v) is 12.6. The van der Waals surface area contributed by atoms with Crippen molar-refractivity contribution in [3.63, 3.8) is 0 Å². The van der Waals surface area contributed by atoms with Gasteiger partial charge in [-0.05, 0) is 31.0 Å². The minimum absolute atomic E-state index is 0.0386. The number of ketones is 1. The molecule has 10 nitrogen and oxygen atoms in total. The molecule has 1 aliphatic rings. The second-order valence-corrected chi connectivity index (χ2v) is 11.0. The summed E-state index contributed by atoms with van der Waals surface area (Å²) in [5.41, 5.74) is 0.852. The lowest BCUT2D eigenvalue weighted by molar-refractivity contribution is 0.0687. The van der Waals surface area contributed by atoms with Crippen molar-refractivity contribution >= 4 is 55.5 Å². The first-order valence-electron chi connectivity index (χ1n) is 9.85. The lowest BCUT2D eigenvalue weighted by Crippen LogP contribution is -2.22. The van der Waals surface area contributed by atoms with Gasteiger partial charge >= 0.3 is 12.0 Å². The molecule has 1 heterocycles. The van der Waals surface area contributed by atoms with Crippen LogP contribution in [0.25, 0.3) is 0 Å². The predicted octanol–water partition coefficient (Wildman–Crippen LogP) is 3.33. The van der Waals surface area contributed by atoms with Gasteiger partial charge in [-0.1, -0.05) is 24.2 Å². The fourth-order valence-corrected chi connectivity index (χ4v) is 5.54. The van der Waals surface area contributed by atoms with Crippen molar-refractivity contribution in [1.82, 2.24) is 4.98 Å². The van der Waals surface area contributed by atoms with Crippen LogP contribution in [0.5, 0.6) is 0 Å². The summed E-state index contributed by atoms with van der Waals surface area (Å²) in [5.74, 6) is -1.65. The lowest BCUT2D eigenvalue weighted by Gasteiger charge is -2.18. The maximum absolute atomic E-state index is 13.1. The van der Waals surface area contributed by atoms with Crippen molar-refractivity contribution in [2.75, 3.05) is 35.9 Å². The number of aromatic nitrogens is 1. The van der Waals surface area contributed by atoms with Crippen LogP contribution in [0, 0.1) is 5.92 Å². The average molecular weight is 481 g/mol. The molecule has 0 saturated heterocycles. The quantitative estimate of drug-likeness (QED) is 0.512. The highest BCUT2D eigenvalue weighted by Gasteiger charge is 2.28. The third-order valence-corrected chi connectivity index (χ3v) is 7.91. The molecule has 1 aromatic carbocycles. The van der Waals surface area contributed by atoms with Gasteiger partial charge in [0.2, 0.25) is 0 Å². The number of aromatic carboxylic acids is 1. The monoisotopic (exact) mass is 480 g/mol. The van der Waals surface area contributed by atoms with E-state index >= 15 is 0 Å². The Morgan fingerprint density at radius 3 is 2.34 bits per heavy atom. The van der Waals surface area contributed by atoms with Crippen LogP contribution in [0.4, 0.5) is 21.3 Å². The molecule has 2 amide bonds. The molecule has 1 aliphatic carbocycles. The predicted molar refractivity (Wildman–Crippen MR) is 122 cm³/mol. The summed E-state index contributed by atoms with van der Waals surface area (Å²) in [4.78, 5) is 42.5. The lowest BCUT2D eigenvalue weighted by atomic mass is 9.94. The van der Waals surface area contributed by atoms with Gasteiger partial charge in [0.15, 0.2) is 30.7 Å². The Hall–Kier alpha value is -2.99. The van der Waals surface area contributed by atoms with Gasteiger partial charge < -0.3 is 15.3 Å². The third kappa shape index (κ3) is 5.25. The zero-order valence-corrected chi connectivity index (χ0v) is 19.5. The number of nitrogens with one attached hydrogen (secondary N) is 2. The van der Waals surface area contributed by atoms with Gasteiger partial charge in [-0.2, -0.15) is 0 Å². The van der Waals surface area contributed by atoms with Crippen molar-refractivity contribution in [2.45, 2.75) is 29.9 Å². The van der Waals surface area contributed by atoms with Gasteiger partial charge in [-0.15, -0.1) is 0 Å². The van der Waals surface area contributed by atoms with E-state index in [-0.39, 0.29) is 16.8 Å². The van der Waals surface area contributed by atoms with Crippen LogP contribution in [0.15, 0.2) is 22.4 Å². The number of anilines is 3. The van der Waals surface area contributed by atoms with E-state index in [9.17, 15) is 27.9 Å². The average Bonchev–Trinajstić information content (AvgIpc) is 3.37. The number of carboxylic acid groups (broad SMARTS) is 1. The van der Waals surface area contributed by atoms with Crippen molar-refractivity contribution in [1.29, 1.82) is 0 Å². The Balaban J connectivity index is 1.86. The highest BCUT2D eigenvalue weighted by molar-refractivity contribution is 7.93. The molecule has 12 heteroatoms. The zero-order chi connectivity index (χ0) is 23.6. The summed E-state index contributed by atoms with van der Waals surface area (Å²) >= 11 is 0.545. The topological polar surface area (TPSA) is 146 Å². The van der Waals surface area contributed by atoms with Crippen molar-refractivity contribution in [3.05, 3.63) is 29.5 Å². The number of hydrogen-bond acceptors (Lipinski definition) is 8. The molecule has 3 rings (SSSR count). The van der Waals surface area contributed by atoms with Crippen LogP contribution in [0.1, 0.15) is 46.5 Å². The number of rotatable bonds is 7. The maximum Gasteiger partial charge on any atom is 0.356 e. The second kappa shape index (κ2) is 9.25. The summed E-state index contributed by atoms with van der Waals surface area (Å²) in [6.07, 6.45) is 4.46. The molecule has 0 aliphatic heterocycles. The van der Waals surface area contributed by atoms with E-state index in [2.05, 4.69) is 15.6 Å². The minimum Gasteiger partial charge on any atom is -0.476 e. The number of amides is 2. The summed E-state index contributed by atoms with van der Waals surface area (Å²) in [7, 11) is -0.142. The summed E-state index contributed by atoms with van der Waals surface area (Å²) < 4.78 is 23.2. The largest absolute Gasteiger partial charge is 0.476 e. The van der Waals surface area contributed by atoms with E-state index in [1.807, 2.05) is 19.0 Å². The molecule has 2 aromatic rings. The van der Waals surface area contributed by atoms with Gasteiger partial charge in [-0.25, -0.2) is 23.0 Å². The Morgan fingerprint density at radius 1 is 1.16 bits per heavy atom. The number of benzene rings is 1. The SMILES string of the molecule is CN(C)c1ccc(NC(=O)Nc2nc(C(=O)O)c(S(C)(=O)=O)s2)c(C(=O)C2CCCC2)c1. The standard InChI is InChI=1S/C20H24N4O6S2/c1-24(2)12-8-9-14(13(10-12)16(25)11-6-4-5-7-11)21-19(28)23-20-22-15(17(26)27)18(31-20)32(3,29)30/h8-11H,4-7H2,1-3H3,(H,26,27)(H2,21,22,23,28). The van der Waals surface area contributed by atoms with Crippen molar-refractivity contribution < 1.29 is 27.9 Å². The Labute approximate surface area is 189 Å². The highest BCUT2D eigenvalue weighted by atomic mass is 32.2. The molecule has 0 atom stereocenters. The first-order chi connectivity index (χ1) is 15.0. The number of carbonyl (C=O) groups is 3. The Morgan fingerprint density at radius 2 is 1.81 bits per heavy atom. The second-order valence-electron chi connectivity index (χ2n) is 7.78. The first kappa shape index (κ1) is 23.7. The molecule has 3 N–H and O–H groups in total. The van der Waals surface area contributed by atoms with Crippen LogP contribution in [0.2, 0.25) is 0 Å². The summed E-state index contributed by atoms with van der Waals surface area (Å²) in [5, 5.41) is 14.0. The molecule has 1 aromatic heterocycles. The fourth-order valence-electron chi connectivity index (χ4n) is 3.53. The molecule has 1 fully saturated rings. The summed E-state index contributed by atoms with van der Waals surface area (Å²) in [6, 6.07) is 4.34. The number of thiazole rings is 1. The van der Waals surface area contributed by atoms with E-state index in [4.69, 9.17) is 0 Å². The number of nitrogens with zero attached hydrogens (tertiary/aromatic N) is 2. The maximum atomic E-state index is 13.1. The molecule has 1 saturated carbocycles. The number of hydrogen-bond donors (Lipinski definition) is 3. The molecular formula is C20H24N4O6S2. The van der Waals surface area contributed by atoms with E-state index in [1.54, 1.807) is 18.2 Å². The zero-order valence-electron chi connectivity index (χ0n) is 17.8. The number of Topliss-reactive ketones (excluding diaryl/α,β-unsaturated/α-hetero) is 1. The minimum atomic E-state index is -3.84. The fraction of sp³-hybridized carbons (Fsp3) is 0.400. The van der Waals surface area contributed by atoms with Crippen LogP contribution in [0.3, 0.4) is 0 Å². The molecule has 0 unspecified atom stereocenters. The van der Waals surface area contributed by atoms with Crippen LogP contribution < -0.4 is 15.5 Å². The highest BCUT2D eigenvalue weighted by Crippen LogP contribution is 2.33. The number of urea groups is 1. The van der Waals surface area contributed by atoms with Crippen molar-refractivity contribution in [3.8, 4) is 0 Å². The number of carboxylic acids is 1.